The summed E-state index contributed by atoms with van der Waals surface area (Å²) in [7, 11) is 0. The van der Waals surface area contributed by atoms with Gasteiger partial charge in [-0.25, -0.2) is 0 Å². The molecule has 2 rings (SSSR count). The van der Waals surface area contributed by atoms with Gasteiger partial charge in [-0.3, -0.25) is 4.79 Å². The lowest BCUT2D eigenvalue weighted by Crippen LogP contribution is -2.58. The topological polar surface area (TPSA) is 55.6 Å². The SMILES string of the molecule is CSCC[C@@H](N)C(=O)N1CCOC2CCCCC21. The van der Waals surface area contributed by atoms with Crippen LogP contribution in [0.1, 0.15) is 32.1 Å². The Morgan fingerprint density at radius 2 is 2.28 bits per heavy atom. The second-order valence-electron chi connectivity index (χ2n) is 5.18. The number of rotatable bonds is 4. The van der Waals surface area contributed by atoms with Gasteiger partial charge >= 0.3 is 0 Å². The maximum absolute atomic E-state index is 12.4. The molecular weight excluding hydrogens is 248 g/mol. The van der Waals surface area contributed by atoms with Gasteiger partial charge in [0.2, 0.25) is 5.91 Å². The van der Waals surface area contributed by atoms with Gasteiger partial charge < -0.3 is 15.4 Å². The first kappa shape index (κ1) is 14.2. The molecule has 0 aromatic rings. The number of ether oxygens (including phenoxy) is 1. The summed E-state index contributed by atoms with van der Waals surface area (Å²) in [5.41, 5.74) is 6.01. The zero-order chi connectivity index (χ0) is 13.0. The molecule has 1 amide bonds. The van der Waals surface area contributed by atoms with E-state index in [9.17, 15) is 4.79 Å². The predicted octanol–water partition coefficient (Wildman–Crippen LogP) is 1.24. The first-order chi connectivity index (χ1) is 8.74. The Morgan fingerprint density at radius 3 is 3.06 bits per heavy atom. The monoisotopic (exact) mass is 272 g/mol. The number of amides is 1. The number of nitrogens with zero attached hydrogens (tertiary/aromatic N) is 1. The minimum absolute atomic E-state index is 0.129. The molecule has 4 nitrogen and oxygen atoms in total. The Labute approximate surface area is 114 Å². The fourth-order valence-electron chi connectivity index (χ4n) is 2.95. The zero-order valence-electron chi connectivity index (χ0n) is 11.1. The van der Waals surface area contributed by atoms with Crippen molar-refractivity contribution in [2.45, 2.75) is 50.3 Å². The van der Waals surface area contributed by atoms with Crippen molar-refractivity contribution in [1.29, 1.82) is 0 Å². The van der Waals surface area contributed by atoms with Gasteiger partial charge in [-0.2, -0.15) is 11.8 Å². The molecule has 0 aromatic heterocycles. The lowest BCUT2D eigenvalue weighted by Gasteiger charge is -2.44. The molecule has 1 aliphatic carbocycles. The van der Waals surface area contributed by atoms with Crippen LogP contribution in [0.5, 0.6) is 0 Å². The molecule has 0 bridgehead atoms. The smallest absolute Gasteiger partial charge is 0.239 e. The third-order valence-corrected chi connectivity index (χ3v) is 4.61. The lowest BCUT2D eigenvalue weighted by atomic mass is 9.89. The van der Waals surface area contributed by atoms with Crippen LogP contribution in [0, 0.1) is 0 Å². The standard InChI is InChI=1S/C13H24N2O2S/c1-18-9-6-10(14)13(16)15-7-8-17-12-5-3-2-4-11(12)15/h10-12H,2-9,14H2,1H3/t10-,11?,12?/m1/s1. The molecule has 1 heterocycles. The van der Waals surface area contributed by atoms with Crippen LogP contribution in [0.4, 0.5) is 0 Å². The van der Waals surface area contributed by atoms with Crippen LogP contribution >= 0.6 is 11.8 Å². The molecule has 2 N–H and O–H groups in total. The summed E-state index contributed by atoms with van der Waals surface area (Å²) >= 11 is 1.74. The molecule has 2 fully saturated rings. The molecular formula is C13H24N2O2S. The number of hydrogen-bond donors (Lipinski definition) is 1. The minimum atomic E-state index is -0.335. The van der Waals surface area contributed by atoms with Crippen molar-refractivity contribution in [3.05, 3.63) is 0 Å². The molecule has 1 saturated heterocycles. The Kier molecular flexibility index (Phi) is 5.33. The van der Waals surface area contributed by atoms with E-state index in [0.29, 0.717) is 13.2 Å². The number of nitrogens with two attached hydrogens (primary N) is 1. The van der Waals surface area contributed by atoms with Crippen LogP contribution in [-0.4, -0.2) is 54.2 Å². The van der Waals surface area contributed by atoms with E-state index in [1.165, 1.54) is 12.8 Å². The van der Waals surface area contributed by atoms with Gasteiger partial charge in [0.1, 0.15) is 0 Å². The predicted molar refractivity (Wildman–Crippen MR) is 74.7 cm³/mol. The Balaban J connectivity index is 1.95. The van der Waals surface area contributed by atoms with Crippen molar-refractivity contribution in [2.24, 2.45) is 5.73 Å². The third kappa shape index (κ3) is 3.19. The van der Waals surface area contributed by atoms with Gasteiger partial charge in [0, 0.05) is 6.54 Å². The number of hydrogen-bond acceptors (Lipinski definition) is 4. The van der Waals surface area contributed by atoms with E-state index in [1.54, 1.807) is 11.8 Å². The molecule has 2 unspecified atom stereocenters. The summed E-state index contributed by atoms with van der Waals surface area (Å²) in [5, 5.41) is 0. The van der Waals surface area contributed by atoms with E-state index >= 15 is 0 Å². The number of carbonyl (C=O) groups excluding carboxylic acids is 1. The van der Waals surface area contributed by atoms with E-state index in [2.05, 4.69) is 0 Å². The molecule has 0 radical (unpaired) electrons. The maximum atomic E-state index is 12.4. The summed E-state index contributed by atoms with van der Waals surface area (Å²) in [4.78, 5) is 14.4. The summed E-state index contributed by atoms with van der Waals surface area (Å²) in [6, 6.07) is -0.0570. The number of thioether (sulfide) groups is 1. The average molecular weight is 272 g/mol. The number of morpholine rings is 1. The largest absolute Gasteiger partial charge is 0.374 e. The third-order valence-electron chi connectivity index (χ3n) is 3.97. The van der Waals surface area contributed by atoms with Gasteiger partial charge in [0.25, 0.3) is 0 Å². The molecule has 2 aliphatic rings. The van der Waals surface area contributed by atoms with Crippen LogP contribution in [0.3, 0.4) is 0 Å². The van der Waals surface area contributed by atoms with Crippen molar-refractivity contribution in [1.82, 2.24) is 4.90 Å². The molecule has 18 heavy (non-hydrogen) atoms. The van der Waals surface area contributed by atoms with Crippen LogP contribution < -0.4 is 5.73 Å². The van der Waals surface area contributed by atoms with Crippen LogP contribution in [-0.2, 0) is 9.53 Å². The zero-order valence-corrected chi connectivity index (χ0v) is 12.0. The quantitative estimate of drug-likeness (QED) is 0.836. The maximum Gasteiger partial charge on any atom is 0.239 e. The van der Waals surface area contributed by atoms with Crippen molar-refractivity contribution in [3.63, 3.8) is 0 Å². The number of carbonyl (C=O) groups is 1. The highest BCUT2D eigenvalue weighted by atomic mass is 32.2. The van der Waals surface area contributed by atoms with Gasteiger partial charge in [-0.05, 0) is 31.3 Å². The fraction of sp³-hybridized carbons (Fsp3) is 0.923. The lowest BCUT2D eigenvalue weighted by molar-refractivity contribution is -0.150. The summed E-state index contributed by atoms with van der Waals surface area (Å²) in [6.45, 7) is 1.38. The first-order valence-corrected chi connectivity index (χ1v) is 8.30. The highest BCUT2D eigenvalue weighted by Gasteiger charge is 2.37. The highest BCUT2D eigenvalue weighted by molar-refractivity contribution is 7.98. The van der Waals surface area contributed by atoms with Crippen molar-refractivity contribution < 1.29 is 9.53 Å². The van der Waals surface area contributed by atoms with E-state index < -0.39 is 0 Å². The summed E-state index contributed by atoms with van der Waals surface area (Å²) in [5.74, 6) is 1.08. The number of fused-ring (bicyclic) bond motifs is 1. The van der Waals surface area contributed by atoms with Crippen LogP contribution in [0.15, 0.2) is 0 Å². The summed E-state index contributed by atoms with van der Waals surface area (Å²) < 4.78 is 5.78. The van der Waals surface area contributed by atoms with Gasteiger partial charge in [0.05, 0.1) is 24.8 Å². The second-order valence-corrected chi connectivity index (χ2v) is 6.17. The van der Waals surface area contributed by atoms with Crippen molar-refractivity contribution in [3.8, 4) is 0 Å². The molecule has 0 aromatic carbocycles. The average Bonchev–Trinajstić information content (AvgIpc) is 2.43. The molecule has 3 atom stereocenters. The molecule has 104 valence electrons. The van der Waals surface area contributed by atoms with E-state index in [0.717, 1.165) is 25.0 Å². The van der Waals surface area contributed by atoms with E-state index in [4.69, 9.17) is 10.5 Å². The van der Waals surface area contributed by atoms with E-state index in [-0.39, 0.29) is 24.1 Å². The normalized spacial score (nSPS) is 29.8. The molecule has 1 aliphatic heterocycles. The fourth-order valence-corrected chi connectivity index (χ4v) is 3.44. The highest BCUT2D eigenvalue weighted by Crippen LogP contribution is 2.28. The van der Waals surface area contributed by atoms with Gasteiger partial charge in [-0.15, -0.1) is 0 Å². The Morgan fingerprint density at radius 1 is 1.50 bits per heavy atom. The van der Waals surface area contributed by atoms with Crippen LogP contribution in [0.25, 0.3) is 0 Å². The molecule has 1 saturated carbocycles. The van der Waals surface area contributed by atoms with Crippen molar-refractivity contribution >= 4 is 17.7 Å². The summed E-state index contributed by atoms with van der Waals surface area (Å²) in [6.07, 6.45) is 7.66. The molecule has 5 heteroatoms. The first-order valence-electron chi connectivity index (χ1n) is 6.90. The Bertz CT molecular complexity index is 286. The van der Waals surface area contributed by atoms with Gasteiger partial charge in [0.15, 0.2) is 0 Å². The Hall–Kier alpha value is -0.260. The van der Waals surface area contributed by atoms with Crippen LogP contribution in [0.2, 0.25) is 0 Å². The van der Waals surface area contributed by atoms with Gasteiger partial charge in [-0.1, -0.05) is 12.8 Å². The minimum Gasteiger partial charge on any atom is -0.374 e. The second kappa shape index (κ2) is 6.78. The van der Waals surface area contributed by atoms with E-state index in [1.807, 2.05) is 11.2 Å². The molecule has 0 spiro atoms. The van der Waals surface area contributed by atoms with Crippen molar-refractivity contribution in [2.75, 3.05) is 25.2 Å².